The van der Waals surface area contributed by atoms with Gasteiger partial charge in [-0.2, -0.15) is 5.26 Å². The Labute approximate surface area is 146 Å². The molecule has 1 amide bonds. The molecule has 1 heterocycles. The van der Waals surface area contributed by atoms with Crippen molar-refractivity contribution in [3.63, 3.8) is 0 Å². The molecule has 0 aliphatic rings. The number of nitriles is 1. The summed E-state index contributed by atoms with van der Waals surface area (Å²) in [5.41, 5.74) is 0.963. The SMILES string of the molecule is N#Cc1ccc(NC(=O)COC(=O)c2cc3c(F)cccc3s2)cc1. The van der Waals surface area contributed by atoms with Crippen molar-refractivity contribution < 1.29 is 18.7 Å². The molecule has 0 radical (unpaired) electrons. The molecule has 5 nitrogen and oxygen atoms in total. The molecule has 3 rings (SSSR count). The van der Waals surface area contributed by atoms with Gasteiger partial charge in [0.25, 0.3) is 5.91 Å². The number of hydrogen-bond donors (Lipinski definition) is 1. The Morgan fingerprint density at radius 1 is 1.20 bits per heavy atom. The van der Waals surface area contributed by atoms with Crippen LogP contribution in [0, 0.1) is 17.1 Å². The van der Waals surface area contributed by atoms with E-state index in [4.69, 9.17) is 10.00 Å². The molecule has 0 unspecified atom stereocenters. The van der Waals surface area contributed by atoms with Crippen LogP contribution in [0.3, 0.4) is 0 Å². The topological polar surface area (TPSA) is 79.2 Å². The van der Waals surface area contributed by atoms with Crippen molar-refractivity contribution in [3.05, 3.63) is 64.8 Å². The quantitative estimate of drug-likeness (QED) is 0.725. The molecular formula is C18H11FN2O3S. The lowest BCUT2D eigenvalue weighted by molar-refractivity contribution is -0.119. The third-order valence-corrected chi connectivity index (χ3v) is 4.42. The highest BCUT2D eigenvalue weighted by atomic mass is 32.1. The Balaban J connectivity index is 1.59. The summed E-state index contributed by atoms with van der Waals surface area (Å²) in [6, 6.07) is 14.2. The Bertz CT molecular complexity index is 990. The van der Waals surface area contributed by atoms with Gasteiger partial charge in [0.15, 0.2) is 6.61 Å². The molecule has 25 heavy (non-hydrogen) atoms. The van der Waals surface area contributed by atoms with Crippen LogP contribution in [-0.4, -0.2) is 18.5 Å². The highest BCUT2D eigenvalue weighted by Gasteiger charge is 2.15. The lowest BCUT2D eigenvalue weighted by Gasteiger charge is -2.05. The first kappa shape index (κ1) is 16.6. The molecule has 0 aliphatic heterocycles. The minimum Gasteiger partial charge on any atom is -0.451 e. The fourth-order valence-electron chi connectivity index (χ4n) is 2.15. The van der Waals surface area contributed by atoms with E-state index in [0.717, 1.165) is 11.3 Å². The fraction of sp³-hybridized carbons (Fsp3) is 0.0556. The number of anilines is 1. The van der Waals surface area contributed by atoms with Gasteiger partial charge in [0.1, 0.15) is 10.7 Å². The number of nitrogens with one attached hydrogen (secondary N) is 1. The van der Waals surface area contributed by atoms with Crippen molar-refractivity contribution >= 4 is 39.0 Å². The fourth-order valence-corrected chi connectivity index (χ4v) is 3.12. The Morgan fingerprint density at radius 2 is 1.96 bits per heavy atom. The van der Waals surface area contributed by atoms with Crippen LogP contribution in [0.15, 0.2) is 48.5 Å². The van der Waals surface area contributed by atoms with Crippen molar-refractivity contribution in [2.75, 3.05) is 11.9 Å². The third kappa shape index (κ3) is 3.82. The first-order valence-electron chi connectivity index (χ1n) is 7.22. The summed E-state index contributed by atoms with van der Waals surface area (Å²) < 4.78 is 19.2. The van der Waals surface area contributed by atoms with Crippen LogP contribution in [0.1, 0.15) is 15.2 Å². The van der Waals surface area contributed by atoms with Gasteiger partial charge in [0.05, 0.1) is 11.6 Å². The number of nitrogens with zero attached hydrogens (tertiary/aromatic N) is 1. The van der Waals surface area contributed by atoms with E-state index in [1.54, 1.807) is 36.4 Å². The summed E-state index contributed by atoms with van der Waals surface area (Å²) in [6.45, 7) is -0.463. The van der Waals surface area contributed by atoms with E-state index >= 15 is 0 Å². The number of rotatable bonds is 4. The molecule has 124 valence electrons. The molecule has 2 aromatic carbocycles. The number of ether oxygens (including phenoxy) is 1. The molecule has 0 saturated carbocycles. The predicted molar refractivity (Wildman–Crippen MR) is 91.9 cm³/mol. The molecule has 0 spiro atoms. The summed E-state index contributed by atoms with van der Waals surface area (Å²) in [6.07, 6.45) is 0. The molecule has 0 bridgehead atoms. The van der Waals surface area contributed by atoms with E-state index in [1.165, 1.54) is 12.1 Å². The van der Waals surface area contributed by atoms with E-state index in [9.17, 15) is 14.0 Å². The molecule has 7 heteroatoms. The summed E-state index contributed by atoms with van der Waals surface area (Å²) in [4.78, 5) is 24.1. The number of carbonyl (C=O) groups is 2. The number of esters is 1. The molecule has 0 fully saturated rings. The summed E-state index contributed by atoms with van der Waals surface area (Å²) in [5.74, 6) is -1.60. The standard InChI is InChI=1S/C18H11FN2O3S/c19-14-2-1-3-15-13(14)8-16(25-15)18(23)24-10-17(22)21-12-6-4-11(9-20)5-7-12/h1-8H,10H2,(H,21,22). The van der Waals surface area contributed by atoms with Gasteiger partial charge in [-0.1, -0.05) is 6.07 Å². The average Bonchev–Trinajstić information content (AvgIpc) is 3.06. The lowest BCUT2D eigenvalue weighted by atomic mass is 10.2. The number of hydrogen-bond acceptors (Lipinski definition) is 5. The number of carbonyl (C=O) groups excluding carboxylic acids is 2. The number of benzene rings is 2. The van der Waals surface area contributed by atoms with E-state index in [1.807, 2.05) is 6.07 Å². The van der Waals surface area contributed by atoms with E-state index < -0.39 is 24.3 Å². The van der Waals surface area contributed by atoms with Gasteiger partial charge in [-0.25, -0.2) is 9.18 Å². The van der Waals surface area contributed by atoms with Crippen LogP contribution in [0.25, 0.3) is 10.1 Å². The van der Waals surface area contributed by atoms with Crippen LogP contribution >= 0.6 is 11.3 Å². The summed E-state index contributed by atoms with van der Waals surface area (Å²) in [7, 11) is 0. The number of fused-ring (bicyclic) bond motifs is 1. The van der Waals surface area contributed by atoms with E-state index in [2.05, 4.69) is 5.32 Å². The second kappa shape index (κ2) is 7.11. The maximum atomic E-state index is 13.6. The second-order valence-electron chi connectivity index (χ2n) is 5.08. The molecule has 0 atom stereocenters. The molecule has 3 aromatic rings. The normalized spacial score (nSPS) is 10.2. The molecular weight excluding hydrogens is 343 g/mol. The zero-order valence-electron chi connectivity index (χ0n) is 12.8. The zero-order chi connectivity index (χ0) is 17.8. The average molecular weight is 354 g/mol. The van der Waals surface area contributed by atoms with Crippen molar-refractivity contribution in [1.82, 2.24) is 0 Å². The Hall–Kier alpha value is -3.24. The first-order chi connectivity index (χ1) is 12.1. The molecule has 0 aliphatic carbocycles. The van der Waals surface area contributed by atoms with E-state index in [0.29, 0.717) is 21.3 Å². The summed E-state index contributed by atoms with van der Waals surface area (Å²) in [5, 5.41) is 11.6. The number of amides is 1. The lowest BCUT2D eigenvalue weighted by Crippen LogP contribution is -2.20. The van der Waals surface area contributed by atoms with Gasteiger partial charge in [0, 0.05) is 15.8 Å². The minimum atomic E-state index is -0.685. The molecule has 0 saturated heterocycles. The van der Waals surface area contributed by atoms with Crippen LogP contribution in [-0.2, 0) is 9.53 Å². The first-order valence-corrected chi connectivity index (χ1v) is 8.03. The molecule has 1 N–H and O–H groups in total. The highest BCUT2D eigenvalue weighted by Crippen LogP contribution is 2.28. The maximum absolute atomic E-state index is 13.6. The minimum absolute atomic E-state index is 0.228. The van der Waals surface area contributed by atoms with Crippen molar-refractivity contribution in [2.45, 2.75) is 0 Å². The number of thiophene rings is 1. The van der Waals surface area contributed by atoms with Crippen LogP contribution in [0.4, 0.5) is 10.1 Å². The van der Waals surface area contributed by atoms with Crippen LogP contribution in [0.5, 0.6) is 0 Å². The third-order valence-electron chi connectivity index (χ3n) is 3.34. The predicted octanol–water partition coefficient (Wildman–Crippen LogP) is 3.71. The zero-order valence-corrected chi connectivity index (χ0v) is 13.6. The number of halogens is 1. The monoisotopic (exact) mass is 354 g/mol. The van der Waals surface area contributed by atoms with Crippen molar-refractivity contribution in [2.24, 2.45) is 0 Å². The Kier molecular flexibility index (Phi) is 4.73. The smallest absolute Gasteiger partial charge is 0.348 e. The highest BCUT2D eigenvalue weighted by molar-refractivity contribution is 7.20. The van der Waals surface area contributed by atoms with Crippen molar-refractivity contribution in [1.29, 1.82) is 5.26 Å². The molecule has 1 aromatic heterocycles. The second-order valence-corrected chi connectivity index (χ2v) is 6.16. The van der Waals surface area contributed by atoms with Crippen LogP contribution in [0.2, 0.25) is 0 Å². The largest absolute Gasteiger partial charge is 0.451 e. The van der Waals surface area contributed by atoms with Gasteiger partial charge < -0.3 is 10.1 Å². The van der Waals surface area contributed by atoms with Crippen molar-refractivity contribution in [3.8, 4) is 6.07 Å². The van der Waals surface area contributed by atoms with Gasteiger partial charge in [0.2, 0.25) is 0 Å². The summed E-state index contributed by atoms with van der Waals surface area (Å²) >= 11 is 1.10. The van der Waals surface area contributed by atoms with Gasteiger partial charge >= 0.3 is 5.97 Å². The van der Waals surface area contributed by atoms with Gasteiger partial charge in [-0.05, 0) is 42.5 Å². The van der Waals surface area contributed by atoms with Gasteiger partial charge in [-0.15, -0.1) is 11.3 Å². The Morgan fingerprint density at radius 3 is 2.64 bits per heavy atom. The van der Waals surface area contributed by atoms with E-state index in [-0.39, 0.29) is 4.88 Å². The van der Waals surface area contributed by atoms with Crippen LogP contribution < -0.4 is 5.32 Å². The maximum Gasteiger partial charge on any atom is 0.348 e. The van der Waals surface area contributed by atoms with Gasteiger partial charge in [-0.3, -0.25) is 4.79 Å².